The first-order valence-electron chi connectivity index (χ1n) is 24.3. The molecule has 0 bridgehead atoms. The van der Waals surface area contributed by atoms with E-state index < -0.39 is 35.6 Å². The van der Waals surface area contributed by atoms with Crippen molar-refractivity contribution in [2.24, 2.45) is 10.4 Å². The van der Waals surface area contributed by atoms with Gasteiger partial charge in [-0.2, -0.15) is 0 Å². The number of thiophene rings is 1. The fourth-order valence-electron chi connectivity index (χ4n) is 9.60. The van der Waals surface area contributed by atoms with E-state index in [1.807, 2.05) is 100 Å². The number of likely N-dealkylation sites (tertiary alicyclic amines) is 1. The standard InChI is InChI=1S/C52H63ClN10O6S2/c1-29-32(4)71-51-44(29)45(35-17-19-37(53)20-18-35)56-39(48-59-58-33(5)63(48)51)26-43(67)61-23-21-60(22-24-61)42(66)12-10-9-11-41(65)57-47(52(6,7)8)50(69)62-27-38(64)25-40(62)49(68)55-30(2)34-13-15-36(16-14-34)46-31(3)54-28-70-46/h13-20,28,30,38-40,47,64H,9-12,21-27H2,1-8H3,(H,55,68)(H,57,65)/t30-,38+,39-,40-,47+/m0/s1. The molecule has 3 aliphatic heterocycles. The molecule has 2 saturated heterocycles. The number of carbonyl (C=O) groups excluding carboxylic acids is 5. The zero-order valence-electron chi connectivity index (χ0n) is 41.6. The van der Waals surface area contributed by atoms with Gasteiger partial charge < -0.3 is 30.4 Å². The van der Waals surface area contributed by atoms with Gasteiger partial charge in [-0.25, -0.2) is 4.98 Å². The van der Waals surface area contributed by atoms with Crippen LogP contribution < -0.4 is 10.6 Å². The van der Waals surface area contributed by atoms with Crippen LogP contribution in [0.2, 0.25) is 5.02 Å². The maximum absolute atomic E-state index is 14.2. The minimum Gasteiger partial charge on any atom is -0.391 e. The van der Waals surface area contributed by atoms with E-state index in [-0.39, 0.29) is 61.9 Å². The van der Waals surface area contributed by atoms with Gasteiger partial charge in [-0.1, -0.05) is 68.8 Å². The molecule has 0 spiro atoms. The Hall–Kier alpha value is -5.82. The van der Waals surface area contributed by atoms with E-state index in [1.54, 1.807) is 32.5 Å². The summed E-state index contributed by atoms with van der Waals surface area (Å²) in [4.78, 5) is 85.5. The van der Waals surface area contributed by atoms with Crippen molar-refractivity contribution in [2.75, 3.05) is 32.7 Å². The molecule has 3 aliphatic rings. The zero-order valence-corrected chi connectivity index (χ0v) is 44.0. The van der Waals surface area contributed by atoms with E-state index in [0.717, 1.165) is 54.0 Å². The minimum absolute atomic E-state index is 0.0259. The van der Waals surface area contributed by atoms with Crippen LogP contribution in [-0.4, -0.2) is 126 Å². The highest BCUT2D eigenvalue weighted by molar-refractivity contribution is 7.15. The number of carbonyl (C=O) groups is 5. The summed E-state index contributed by atoms with van der Waals surface area (Å²) in [5.41, 5.74) is 7.78. The van der Waals surface area contributed by atoms with Gasteiger partial charge in [0.1, 0.15) is 29.0 Å². The second-order valence-electron chi connectivity index (χ2n) is 20.0. The number of fused-ring (bicyclic) bond motifs is 3. The zero-order chi connectivity index (χ0) is 50.9. The van der Waals surface area contributed by atoms with Gasteiger partial charge in [0.2, 0.25) is 29.5 Å². The Morgan fingerprint density at radius 2 is 1.51 bits per heavy atom. The number of nitrogens with zero attached hydrogens (tertiary/aromatic N) is 8. The minimum atomic E-state index is -0.958. The topological polar surface area (TPSA) is 195 Å². The van der Waals surface area contributed by atoms with Gasteiger partial charge in [0.15, 0.2) is 5.82 Å². The van der Waals surface area contributed by atoms with Crippen molar-refractivity contribution in [3.8, 4) is 15.4 Å². The summed E-state index contributed by atoms with van der Waals surface area (Å²) in [6.07, 6.45) is 0.504. The fraction of sp³-hybridized carbons (Fsp3) is 0.481. The molecule has 5 atom stereocenters. The van der Waals surface area contributed by atoms with Gasteiger partial charge in [0.05, 0.1) is 40.4 Å². The Kier molecular flexibility index (Phi) is 15.6. The molecule has 0 saturated carbocycles. The van der Waals surface area contributed by atoms with Gasteiger partial charge in [-0.05, 0) is 81.7 Å². The summed E-state index contributed by atoms with van der Waals surface area (Å²) in [7, 11) is 0. The molecular formula is C52H63ClN10O6S2. The van der Waals surface area contributed by atoms with Crippen LogP contribution in [0.1, 0.15) is 123 Å². The number of nitrogens with one attached hydrogen (secondary N) is 2. The summed E-state index contributed by atoms with van der Waals surface area (Å²) in [6.45, 7) is 17.0. The van der Waals surface area contributed by atoms with Crippen molar-refractivity contribution in [2.45, 2.75) is 124 Å². The van der Waals surface area contributed by atoms with Crippen LogP contribution in [0.25, 0.3) is 15.4 Å². The molecule has 2 fully saturated rings. The smallest absolute Gasteiger partial charge is 0.246 e. The second kappa shape index (κ2) is 21.5. The summed E-state index contributed by atoms with van der Waals surface area (Å²) in [6, 6.07) is 12.7. The number of rotatable bonds is 14. The third-order valence-electron chi connectivity index (χ3n) is 13.8. The molecule has 8 rings (SSSR count). The number of amides is 5. The summed E-state index contributed by atoms with van der Waals surface area (Å²) in [5.74, 6) is 0.0486. The van der Waals surface area contributed by atoms with E-state index in [2.05, 4.69) is 39.7 Å². The van der Waals surface area contributed by atoms with Gasteiger partial charge in [0.25, 0.3) is 0 Å². The van der Waals surface area contributed by atoms with Crippen molar-refractivity contribution < 1.29 is 29.1 Å². The molecule has 5 aromatic rings. The first-order chi connectivity index (χ1) is 33.8. The molecule has 376 valence electrons. The molecule has 6 heterocycles. The van der Waals surface area contributed by atoms with E-state index in [9.17, 15) is 29.1 Å². The van der Waals surface area contributed by atoms with Crippen LogP contribution >= 0.6 is 34.3 Å². The van der Waals surface area contributed by atoms with Crippen molar-refractivity contribution in [3.63, 3.8) is 0 Å². The number of unbranched alkanes of at least 4 members (excludes halogenated alkanes) is 1. The molecule has 0 unspecified atom stereocenters. The van der Waals surface area contributed by atoms with Gasteiger partial charge in [-0.15, -0.1) is 32.9 Å². The third kappa shape index (κ3) is 11.3. The quantitative estimate of drug-likeness (QED) is 0.0963. The average molecular weight is 1020 g/mol. The highest BCUT2D eigenvalue weighted by Gasteiger charge is 2.45. The number of β-amino-alcohol motifs (C(OH)–C–C–N with tert-alkyl or cyclic N) is 1. The van der Waals surface area contributed by atoms with E-state index >= 15 is 0 Å². The molecule has 71 heavy (non-hydrogen) atoms. The number of hydrogen-bond acceptors (Lipinski definition) is 12. The number of aliphatic hydroxyl groups excluding tert-OH is 1. The van der Waals surface area contributed by atoms with Gasteiger partial charge in [0, 0.05) is 73.0 Å². The van der Waals surface area contributed by atoms with Crippen LogP contribution in [-0.2, 0) is 24.0 Å². The van der Waals surface area contributed by atoms with Crippen LogP contribution in [0.4, 0.5) is 0 Å². The van der Waals surface area contributed by atoms with Crippen LogP contribution in [0.15, 0.2) is 59.0 Å². The molecule has 3 aromatic heterocycles. The number of hydrogen-bond donors (Lipinski definition) is 3. The molecule has 0 aliphatic carbocycles. The largest absolute Gasteiger partial charge is 0.391 e. The average Bonchev–Trinajstić information content (AvgIpc) is 4.11. The number of benzene rings is 2. The number of aliphatic hydroxyl groups is 1. The molecule has 5 amide bonds. The predicted molar refractivity (Wildman–Crippen MR) is 276 cm³/mol. The molecule has 0 radical (unpaired) electrons. The Morgan fingerprint density at radius 1 is 0.859 bits per heavy atom. The van der Waals surface area contributed by atoms with Gasteiger partial charge in [-0.3, -0.25) is 33.5 Å². The lowest BCUT2D eigenvalue weighted by Crippen LogP contribution is -2.57. The number of aliphatic imine (C=N–C) groups is 1. The summed E-state index contributed by atoms with van der Waals surface area (Å²) in [5, 5.41) is 27.2. The SMILES string of the molecule is Cc1ncsc1-c1ccc([C@H](C)NC(=O)[C@@H]2C[C@@H](O)CN2C(=O)[C@@H](NC(=O)CCCCC(=O)N2CCN(C(=O)C[C@@H]3N=C(c4ccc(Cl)cc4)c4c(sc(C)c4C)-n4c(C)nnc43)CC2)C(C)(C)C)cc1. The lowest BCUT2D eigenvalue weighted by Gasteiger charge is -2.35. The van der Waals surface area contributed by atoms with E-state index in [0.29, 0.717) is 55.7 Å². The Bertz CT molecular complexity index is 2820. The van der Waals surface area contributed by atoms with E-state index in [4.69, 9.17) is 16.6 Å². The monoisotopic (exact) mass is 1020 g/mol. The molecule has 3 N–H and O–H groups in total. The van der Waals surface area contributed by atoms with Crippen molar-refractivity contribution in [1.29, 1.82) is 0 Å². The summed E-state index contributed by atoms with van der Waals surface area (Å²) >= 11 is 9.50. The summed E-state index contributed by atoms with van der Waals surface area (Å²) < 4.78 is 2.03. The maximum atomic E-state index is 14.2. The molecule has 16 nitrogen and oxygen atoms in total. The van der Waals surface area contributed by atoms with Crippen molar-refractivity contribution >= 4 is 69.5 Å². The van der Waals surface area contributed by atoms with E-state index in [1.165, 1.54) is 4.90 Å². The highest BCUT2D eigenvalue weighted by atomic mass is 35.5. The maximum Gasteiger partial charge on any atom is 0.246 e. The second-order valence-corrected chi connectivity index (χ2v) is 22.5. The highest BCUT2D eigenvalue weighted by Crippen LogP contribution is 2.40. The Morgan fingerprint density at radius 3 is 2.15 bits per heavy atom. The number of piperazine rings is 1. The number of aryl methyl sites for hydroxylation is 3. The predicted octanol–water partition coefficient (Wildman–Crippen LogP) is 7.22. The number of thiazole rings is 1. The normalized spacial score (nSPS) is 18.8. The van der Waals surface area contributed by atoms with Crippen molar-refractivity contribution in [3.05, 3.63) is 104 Å². The lowest BCUT2D eigenvalue weighted by molar-refractivity contribution is -0.144. The first-order valence-corrected chi connectivity index (χ1v) is 26.4. The third-order valence-corrected chi connectivity index (χ3v) is 16.2. The number of halogens is 1. The van der Waals surface area contributed by atoms with Crippen molar-refractivity contribution in [1.82, 2.24) is 45.1 Å². The molecule has 19 heteroatoms. The lowest BCUT2D eigenvalue weighted by atomic mass is 9.85. The Labute approximate surface area is 427 Å². The van der Waals surface area contributed by atoms with Crippen LogP contribution in [0, 0.1) is 33.1 Å². The molecule has 2 aromatic carbocycles. The first kappa shape index (κ1) is 51.5. The molecular weight excluding hydrogens is 960 g/mol. The Balaban J connectivity index is 0.811. The van der Waals surface area contributed by atoms with Crippen LogP contribution in [0.3, 0.4) is 0 Å². The fourth-order valence-corrected chi connectivity index (χ4v) is 11.8. The van der Waals surface area contributed by atoms with Gasteiger partial charge >= 0.3 is 0 Å². The number of aromatic nitrogens is 4. The van der Waals surface area contributed by atoms with Crippen LogP contribution in [0.5, 0.6) is 0 Å².